The first kappa shape index (κ1) is 13.9. The highest BCUT2D eigenvalue weighted by atomic mass is 16.3. The van der Waals surface area contributed by atoms with E-state index in [2.05, 4.69) is 5.32 Å². The summed E-state index contributed by atoms with van der Waals surface area (Å²) in [5, 5.41) is 12.8. The molecule has 1 aliphatic rings. The van der Waals surface area contributed by atoms with E-state index in [1.165, 1.54) is 0 Å². The largest absolute Gasteiger partial charge is 0.507 e. The summed E-state index contributed by atoms with van der Waals surface area (Å²) < 4.78 is 0. The lowest BCUT2D eigenvalue weighted by Crippen LogP contribution is -2.34. The van der Waals surface area contributed by atoms with Crippen molar-refractivity contribution in [1.82, 2.24) is 5.32 Å². The molecule has 0 aromatic heterocycles. The van der Waals surface area contributed by atoms with Gasteiger partial charge in [-0.05, 0) is 50.2 Å². The summed E-state index contributed by atoms with van der Waals surface area (Å²) in [5.41, 5.74) is 6.93. The number of aromatic hydroxyl groups is 1. The molecule has 19 heavy (non-hydrogen) atoms. The molecule has 1 aromatic carbocycles. The molecule has 0 atom stereocenters. The Bertz CT molecular complexity index is 451. The van der Waals surface area contributed by atoms with E-state index in [1.54, 1.807) is 25.1 Å². The topological polar surface area (TPSA) is 75.4 Å². The Kier molecular flexibility index (Phi) is 4.43. The second kappa shape index (κ2) is 6.06. The van der Waals surface area contributed by atoms with Crippen LogP contribution >= 0.6 is 0 Å². The number of rotatable bonds is 3. The van der Waals surface area contributed by atoms with Crippen LogP contribution in [-0.4, -0.2) is 23.6 Å². The number of carbonyl (C=O) groups is 1. The van der Waals surface area contributed by atoms with E-state index in [9.17, 15) is 9.90 Å². The minimum absolute atomic E-state index is 0.0747. The van der Waals surface area contributed by atoms with Crippen LogP contribution in [0, 0.1) is 12.8 Å². The smallest absolute Gasteiger partial charge is 0.255 e. The van der Waals surface area contributed by atoms with Crippen molar-refractivity contribution in [3.8, 4) is 5.75 Å². The summed E-state index contributed by atoms with van der Waals surface area (Å²) in [6.45, 7) is 2.45. The lowest BCUT2D eigenvalue weighted by atomic mass is 9.86. The molecule has 0 radical (unpaired) electrons. The Morgan fingerprint density at radius 1 is 1.37 bits per heavy atom. The fraction of sp³-hybridized carbons (Fsp3) is 0.533. The average Bonchev–Trinajstić information content (AvgIpc) is 2.41. The van der Waals surface area contributed by atoms with Gasteiger partial charge in [-0.2, -0.15) is 0 Å². The second-order valence-corrected chi connectivity index (χ2v) is 5.46. The number of nitrogens with one attached hydrogen (secondary N) is 1. The number of hydrogen-bond donors (Lipinski definition) is 3. The summed E-state index contributed by atoms with van der Waals surface area (Å²) in [5.74, 6) is 0.387. The zero-order chi connectivity index (χ0) is 13.8. The predicted octanol–water partition coefficient (Wildman–Crippen LogP) is 1.95. The van der Waals surface area contributed by atoms with Crippen molar-refractivity contribution in [2.24, 2.45) is 11.7 Å². The molecule has 0 heterocycles. The van der Waals surface area contributed by atoms with Gasteiger partial charge in [0.1, 0.15) is 5.75 Å². The van der Waals surface area contributed by atoms with E-state index >= 15 is 0 Å². The van der Waals surface area contributed by atoms with Gasteiger partial charge in [-0.25, -0.2) is 0 Å². The summed E-state index contributed by atoms with van der Waals surface area (Å²) in [4.78, 5) is 12.0. The molecule has 1 aliphatic carbocycles. The molecule has 1 saturated carbocycles. The first-order chi connectivity index (χ1) is 9.08. The number of nitrogens with two attached hydrogens (primary N) is 1. The highest BCUT2D eigenvalue weighted by Gasteiger charge is 2.20. The van der Waals surface area contributed by atoms with Crippen molar-refractivity contribution in [3.63, 3.8) is 0 Å². The maximum atomic E-state index is 12.0. The normalized spacial score (nSPS) is 23.1. The van der Waals surface area contributed by atoms with Crippen LogP contribution in [0.1, 0.15) is 41.6 Å². The summed E-state index contributed by atoms with van der Waals surface area (Å²) in [7, 11) is 0. The first-order valence-corrected chi connectivity index (χ1v) is 6.90. The fourth-order valence-electron chi connectivity index (χ4n) is 2.57. The highest BCUT2D eigenvalue weighted by molar-refractivity contribution is 5.97. The summed E-state index contributed by atoms with van der Waals surface area (Å²) >= 11 is 0. The van der Waals surface area contributed by atoms with Crippen molar-refractivity contribution in [1.29, 1.82) is 0 Å². The van der Waals surface area contributed by atoms with Crippen molar-refractivity contribution < 1.29 is 9.90 Å². The first-order valence-electron chi connectivity index (χ1n) is 6.90. The number of carbonyl (C=O) groups excluding carboxylic acids is 1. The monoisotopic (exact) mass is 262 g/mol. The van der Waals surface area contributed by atoms with Crippen LogP contribution < -0.4 is 11.1 Å². The van der Waals surface area contributed by atoms with E-state index < -0.39 is 0 Å². The third kappa shape index (κ3) is 3.47. The molecule has 4 nitrogen and oxygen atoms in total. The lowest BCUT2D eigenvalue weighted by molar-refractivity contribution is 0.0940. The highest BCUT2D eigenvalue weighted by Crippen LogP contribution is 2.24. The predicted molar refractivity (Wildman–Crippen MR) is 75.1 cm³/mol. The van der Waals surface area contributed by atoms with Crippen molar-refractivity contribution in [2.45, 2.75) is 38.6 Å². The van der Waals surface area contributed by atoms with Gasteiger partial charge in [0.05, 0.1) is 5.56 Å². The Balaban J connectivity index is 1.89. The van der Waals surface area contributed by atoms with Crippen LogP contribution in [0.15, 0.2) is 18.2 Å². The fourth-order valence-corrected chi connectivity index (χ4v) is 2.57. The van der Waals surface area contributed by atoms with Crippen molar-refractivity contribution in [3.05, 3.63) is 29.3 Å². The van der Waals surface area contributed by atoms with Gasteiger partial charge in [-0.15, -0.1) is 0 Å². The second-order valence-electron chi connectivity index (χ2n) is 5.46. The Morgan fingerprint density at radius 2 is 2.05 bits per heavy atom. The number of benzene rings is 1. The molecule has 1 aromatic rings. The summed E-state index contributed by atoms with van der Waals surface area (Å²) in [6, 6.07) is 5.54. The number of para-hydroxylation sites is 1. The molecule has 0 unspecified atom stereocenters. The van der Waals surface area contributed by atoms with Crippen LogP contribution in [0.2, 0.25) is 0 Å². The van der Waals surface area contributed by atoms with Crippen LogP contribution in [0.25, 0.3) is 0 Å². The maximum absolute atomic E-state index is 12.0. The molecular weight excluding hydrogens is 240 g/mol. The van der Waals surface area contributed by atoms with Crippen LogP contribution in [-0.2, 0) is 0 Å². The molecule has 0 aliphatic heterocycles. The van der Waals surface area contributed by atoms with E-state index in [1.807, 2.05) is 0 Å². The van der Waals surface area contributed by atoms with E-state index in [0.29, 0.717) is 24.1 Å². The molecule has 0 bridgehead atoms. The number of aryl methyl sites for hydroxylation is 1. The van der Waals surface area contributed by atoms with E-state index in [0.717, 1.165) is 31.2 Å². The lowest BCUT2D eigenvalue weighted by Gasteiger charge is -2.26. The number of phenolic OH excluding ortho intramolecular Hbond substituents is 1. The van der Waals surface area contributed by atoms with Gasteiger partial charge in [0.25, 0.3) is 5.91 Å². The van der Waals surface area contributed by atoms with Crippen molar-refractivity contribution in [2.75, 3.05) is 6.54 Å². The molecule has 2 rings (SSSR count). The Labute approximate surface area is 114 Å². The molecule has 1 fully saturated rings. The van der Waals surface area contributed by atoms with Gasteiger partial charge in [0.15, 0.2) is 0 Å². The van der Waals surface area contributed by atoms with Crippen LogP contribution in [0.5, 0.6) is 5.75 Å². The quantitative estimate of drug-likeness (QED) is 0.779. The van der Waals surface area contributed by atoms with Crippen LogP contribution in [0.4, 0.5) is 0 Å². The third-order valence-electron chi connectivity index (χ3n) is 3.93. The maximum Gasteiger partial charge on any atom is 0.255 e. The average molecular weight is 262 g/mol. The van der Waals surface area contributed by atoms with E-state index in [-0.39, 0.29) is 11.7 Å². The van der Waals surface area contributed by atoms with Gasteiger partial charge in [-0.1, -0.05) is 12.1 Å². The van der Waals surface area contributed by atoms with Gasteiger partial charge in [-0.3, -0.25) is 4.79 Å². The molecule has 0 saturated heterocycles. The van der Waals surface area contributed by atoms with Crippen LogP contribution in [0.3, 0.4) is 0 Å². The van der Waals surface area contributed by atoms with Gasteiger partial charge in [0.2, 0.25) is 0 Å². The SMILES string of the molecule is Cc1cccc(C(=O)NCC2CCC(N)CC2)c1O. The molecule has 1 amide bonds. The molecule has 4 heteroatoms. The number of amides is 1. The van der Waals surface area contributed by atoms with Gasteiger partial charge >= 0.3 is 0 Å². The number of phenols is 1. The molecule has 104 valence electrons. The van der Waals surface area contributed by atoms with E-state index in [4.69, 9.17) is 5.73 Å². The zero-order valence-corrected chi connectivity index (χ0v) is 11.4. The van der Waals surface area contributed by atoms with Gasteiger partial charge < -0.3 is 16.2 Å². The Morgan fingerprint density at radius 3 is 2.74 bits per heavy atom. The number of hydrogen-bond acceptors (Lipinski definition) is 3. The summed E-state index contributed by atoms with van der Waals surface area (Å²) in [6.07, 6.45) is 4.22. The molecular formula is C15H22N2O2. The van der Waals surface area contributed by atoms with Gasteiger partial charge in [0, 0.05) is 12.6 Å². The van der Waals surface area contributed by atoms with Crippen molar-refractivity contribution >= 4 is 5.91 Å². The standard InChI is InChI=1S/C15H22N2O2/c1-10-3-2-4-13(14(10)18)15(19)17-9-11-5-7-12(16)8-6-11/h2-4,11-12,18H,5-9,16H2,1H3,(H,17,19). The minimum atomic E-state index is -0.198. The molecule has 4 N–H and O–H groups in total. The third-order valence-corrected chi connectivity index (χ3v) is 3.93. The minimum Gasteiger partial charge on any atom is -0.507 e. The Hall–Kier alpha value is -1.55. The molecule has 0 spiro atoms. The zero-order valence-electron chi connectivity index (χ0n) is 11.4.